The normalized spacial score (nSPS) is 11.6. The van der Waals surface area contributed by atoms with E-state index < -0.39 is 10.0 Å². The highest BCUT2D eigenvalue weighted by atomic mass is 35.5. The van der Waals surface area contributed by atoms with Crippen molar-refractivity contribution in [2.45, 2.75) is 24.2 Å². The number of hydrogen-bond donors (Lipinski definition) is 2. The lowest BCUT2D eigenvalue weighted by Crippen LogP contribution is -2.25. The maximum Gasteiger partial charge on any atom is 0.242 e. The summed E-state index contributed by atoms with van der Waals surface area (Å²) < 4.78 is 31.5. The summed E-state index contributed by atoms with van der Waals surface area (Å²) in [6, 6.07) is 1.38. The first-order chi connectivity index (χ1) is 9.51. The molecule has 0 aliphatic rings. The first-order valence-electron chi connectivity index (χ1n) is 6.33. The van der Waals surface area contributed by atoms with Crippen molar-refractivity contribution in [3.8, 4) is 0 Å². The van der Waals surface area contributed by atoms with Gasteiger partial charge in [0.25, 0.3) is 0 Å². The van der Waals surface area contributed by atoms with Gasteiger partial charge in [-0.05, 0) is 25.3 Å². The number of anilines is 1. The molecule has 0 saturated carbocycles. The lowest BCUT2D eigenvalue weighted by atomic mass is 10.2. The van der Waals surface area contributed by atoms with E-state index in [0.29, 0.717) is 19.0 Å². The predicted octanol–water partition coefficient (Wildman–Crippen LogP) is 1.87. The van der Waals surface area contributed by atoms with Crippen LogP contribution in [0.5, 0.6) is 0 Å². The zero-order valence-corrected chi connectivity index (χ0v) is 13.2. The number of nitrogens with one attached hydrogen (secondary N) is 2. The maximum absolute atomic E-state index is 12.0. The summed E-state index contributed by atoms with van der Waals surface area (Å²) in [5.74, 6) is 0.449. The number of pyridine rings is 1. The number of aromatic nitrogens is 1. The van der Waals surface area contributed by atoms with Gasteiger partial charge in [-0.3, -0.25) is 0 Å². The SMILES string of the molecule is CNc1ncc(S(=O)(=O)NCCCCCOC)cc1Cl. The third kappa shape index (κ3) is 5.24. The molecule has 8 heteroatoms. The van der Waals surface area contributed by atoms with E-state index in [2.05, 4.69) is 15.0 Å². The second kappa shape index (κ2) is 8.41. The minimum atomic E-state index is -3.56. The first kappa shape index (κ1) is 17.2. The van der Waals surface area contributed by atoms with Crippen LogP contribution < -0.4 is 10.0 Å². The van der Waals surface area contributed by atoms with Crippen molar-refractivity contribution in [2.24, 2.45) is 0 Å². The maximum atomic E-state index is 12.0. The Kier molecular flexibility index (Phi) is 7.22. The number of ether oxygens (including phenoxy) is 1. The van der Waals surface area contributed by atoms with E-state index in [-0.39, 0.29) is 9.92 Å². The van der Waals surface area contributed by atoms with Gasteiger partial charge in [-0.1, -0.05) is 11.6 Å². The molecule has 0 spiro atoms. The number of rotatable bonds is 9. The van der Waals surface area contributed by atoms with Crippen molar-refractivity contribution >= 4 is 27.4 Å². The van der Waals surface area contributed by atoms with Gasteiger partial charge in [-0.15, -0.1) is 0 Å². The van der Waals surface area contributed by atoms with Crippen LogP contribution in [0.4, 0.5) is 5.82 Å². The summed E-state index contributed by atoms with van der Waals surface area (Å²) in [5, 5.41) is 3.05. The molecule has 0 saturated heterocycles. The molecule has 0 atom stereocenters. The Labute approximate surface area is 124 Å². The number of halogens is 1. The molecule has 0 bridgehead atoms. The van der Waals surface area contributed by atoms with Gasteiger partial charge in [0.05, 0.1) is 5.02 Å². The van der Waals surface area contributed by atoms with Crippen LogP contribution in [0.25, 0.3) is 0 Å². The second-order valence-electron chi connectivity index (χ2n) is 4.20. The van der Waals surface area contributed by atoms with Crippen molar-refractivity contribution < 1.29 is 13.2 Å². The summed E-state index contributed by atoms with van der Waals surface area (Å²) in [4.78, 5) is 4.02. The van der Waals surface area contributed by atoms with Gasteiger partial charge in [0, 0.05) is 33.5 Å². The minimum Gasteiger partial charge on any atom is -0.385 e. The molecule has 0 amide bonds. The third-order valence-corrected chi connectivity index (χ3v) is 4.40. The molecule has 1 rings (SSSR count). The Morgan fingerprint density at radius 3 is 2.70 bits per heavy atom. The molecule has 6 nitrogen and oxygen atoms in total. The number of unbranched alkanes of at least 4 members (excludes halogenated alkanes) is 2. The molecule has 1 aromatic rings. The fourth-order valence-corrected chi connectivity index (χ4v) is 2.96. The minimum absolute atomic E-state index is 0.0680. The van der Waals surface area contributed by atoms with Crippen molar-refractivity contribution in [1.29, 1.82) is 0 Å². The Hall–Kier alpha value is -0.890. The Morgan fingerprint density at radius 1 is 1.35 bits per heavy atom. The van der Waals surface area contributed by atoms with Gasteiger partial charge in [0.1, 0.15) is 10.7 Å². The average molecular weight is 322 g/mol. The fraction of sp³-hybridized carbons (Fsp3) is 0.583. The fourth-order valence-electron chi connectivity index (χ4n) is 1.59. The van der Waals surface area contributed by atoms with E-state index in [1.54, 1.807) is 14.2 Å². The highest BCUT2D eigenvalue weighted by Crippen LogP contribution is 2.21. The second-order valence-corrected chi connectivity index (χ2v) is 6.38. The van der Waals surface area contributed by atoms with Crippen LogP contribution in [0.15, 0.2) is 17.2 Å². The molecule has 20 heavy (non-hydrogen) atoms. The zero-order chi connectivity index (χ0) is 15.0. The van der Waals surface area contributed by atoms with Crippen LogP contribution in [-0.4, -0.2) is 40.7 Å². The van der Waals surface area contributed by atoms with Gasteiger partial charge >= 0.3 is 0 Å². The van der Waals surface area contributed by atoms with Crippen molar-refractivity contribution in [1.82, 2.24) is 9.71 Å². The number of hydrogen-bond acceptors (Lipinski definition) is 5. The number of nitrogens with zero attached hydrogens (tertiary/aromatic N) is 1. The van der Waals surface area contributed by atoms with E-state index in [1.165, 1.54) is 12.3 Å². The highest BCUT2D eigenvalue weighted by Gasteiger charge is 2.15. The topological polar surface area (TPSA) is 80.3 Å². The molecule has 0 fully saturated rings. The van der Waals surface area contributed by atoms with Crippen molar-refractivity contribution in [3.05, 3.63) is 17.3 Å². The van der Waals surface area contributed by atoms with Crippen LogP contribution in [-0.2, 0) is 14.8 Å². The van der Waals surface area contributed by atoms with Crippen molar-refractivity contribution in [3.63, 3.8) is 0 Å². The molecule has 0 unspecified atom stereocenters. The third-order valence-electron chi connectivity index (χ3n) is 2.68. The van der Waals surface area contributed by atoms with E-state index in [1.807, 2.05) is 0 Å². The summed E-state index contributed by atoms with van der Waals surface area (Å²) in [7, 11) is -0.242. The van der Waals surface area contributed by atoms with Crippen LogP contribution in [0.3, 0.4) is 0 Å². The predicted molar refractivity (Wildman–Crippen MR) is 79.7 cm³/mol. The number of sulfonamides is 1. The van der Waals surface area contributed by atoms with Gasteiger partial charge < -0.3 is 10.1 Å². The lowest BCUT2D eigenvalue weighted by Gasteiger charge is -2.08. The number of methoxy groups -OCH3 is 1. The molecule has 2 N–H and O–H groups in total. The Balaban J connectivity index is 2.54. The van der Waals surface area contributed by atoms with Gasteiger partial charge in [-0.25, -0.2) is 18.1 Å². The molecule has 1 aromatic heterocycles. The first-order valence-corrected chi connectivity index (χ1v) is 8.19. The van der Waals surface area contributed by atoms with Crippen molar-refractivity contribution in [2.75, 3.05) is 32.6 Å². The van der Waals surface area contributed by atoms with Crippen LogP contribution >= 0.6 is 11.6 Å². The van der Waals surface area contributed by atoms with E-state index in [0.717, 1.165) is 19.3 Å². The Morgan fingerprint density at radius 2 is 2.10 bits per heavy atom. The van der Waals surface area contributed by atoms with Crippen LogP contribution in [0, 0.1) is 0 Å². The van der Waals surface area contributed by atoms with Gasteiger partial charge in [0.15, 0.2) is 0 Å². The van der Waals surface area contributed by atoms with Crippen LogP contribution in [0.2, 0.25) is 5.02 Å². The molecule has 114 valence electrons. The van der Waals surface area contributed by atoms with E-state index in [4.69, 9.17) is 16.3 Å². The zero-order valence-electron chi connectivity index (χ0n) is 11.6. The molecule has 1 heterocycles. The Bertz CT molecular complexity index is 523. The van der Waals surface area contributed by atoms with E-state index >= 15 is 0 Å². The summed E-state index contributed by atoms with van der Waals surface area (Å²) in [5.41, 5.74) is 0. The smallest absolute Gasteiger partial charge is 0.242 e. The molecule has 0 aliphatic carbocycles. The molecule has 0 aliphatic heterocycles. The monoisotopic (exact) mass is 321 g/mol. The average Bonchev–Trinajstić information content (AvgIpc) is 2.42. The molecular weight excluding hydrogens is 302 g/mol. The van der Waals surface area contributed by atoms with Crippen LogP contribution in [0.1, 0.15) is 19.3 Å². The quantitative estimate of drug-likeness (QED) is 0.679. The van der Waals surface area contributed by atoms with Gasteiger partial charge in [-0.2, -0.15) is 0 Å². The summed E-state index contributed by atoms with van der Waals surface area (Å²) >= 11 is 5.92. The summed E-state index contributed by atoms with van der Waals surface area (Å²) in [6.07, 6.45) is 3.87. The summed E-state index contributed by atoms with van der Waals surface area (Å²) in [6.45, 7) is 1.08. The van der Waals surface area contributed by atoms with E-state index in [9.17, 15) is 8.42 Å². The molecule has 0 aromatic carbocycles. The lowest BCUT2D eigenvalue weighted by molar-refractivity contribution is 0.192. The standard InChI is InChI=1S/C12H20ClN3O3S/c1-14-12-11(13)8-10(9-15-12)20(17,18)16-6-4-3-5-7-19-2/h8-9,16H,3-7H2,1-2H3,(H,14,15). The molecular formula is C12H20ClN3O3S. The largest absolute Gasteiger partial charge is 0.385 e. The van der Waals surface area contributed by atoms with Gasteiger partial charge in [0.2, 0.25) is 10.0 Å². The molecule has 0 radical (unpaired) electrons. The highest BCUT2D eigenvalue weighted by molar-refractivity contribution is 7.89.